The fraction of sp³-hybridized carbons (Fsp3) is 0.583. The van der Waals surface area contributed by atoms with Gasteiger partial charge in [0.15, 0.2) is 5.65 Å². The number of aromatic amines is 1. The van der Waals surface area contributed by atoms with Gasteiger partial charge in [0.25, 0.3) is 0 Å². The quantitative estimate of drug-likeness (QED) is 0.830. The molecular weight excluding hydrogens is 230 g/mol. The summed E-state index contributed by atoms with van der Waals surface area (Å²) in [6.45, 7) is 9.24. The number of hydrogen-bond acceptors (Lipinski definition) is 5. The van der Waals surface area contributed by atoms with Crippen molar-refractivity contribution >= 4 is 16.9 Å². The molecule has 0 atom stereocenters. The second-order valence-electron chi connectivity index (χ2n) is 3.84. The zero-order chi connectivity index (χ0) is 13.0. The zero-order valence-electron chi connectivity index (χ0n) is 11.1. The van der Waals surface area contributed by atoms with E-state index in [-0.39, 0.29) is 0 Å². The number of ether oxygens (including phenoxy) is 1. The summed E-state index contributed by atoms with van der Waals surface area (Å²) in [6, 6.07) is 0. The smallest absolute Gasteiger partial charge is 0.186 e. The molecule has 0 aromatic carbocycles. The van der Waals surface area contributed by atoms with E-state index in [0.717, 1.165) is 48.8 Å². The van der Waals surface area contributed by atoms with E-state index in [0.29, 0.717) is 0 Å². The van der Waals surface area contributed by atoms with Gasteiger partial charge in [0.05, 0.1) is 18.6 Å². The minimum absolute atomic E-state index is 0.731. The number of H-pyrrole nitrogens is 1. The molecule has 0 bridgehead atoms. The topological polar surface area (TPSA) is 66.9 Å². The summed E-state index contributed by atoms with van der Waals surface area (Å²) < 4.78 is 5.34. The van der Waals surface area contributed by atoms with Crippen LogP contribution >= 0.6 is 0 Å². The lowest BCUT2D eigenvalue weighted by Crippen LogP contribution is -2.36. The average molecular weight is 249 g/mol. The Bertz CT molecular complexity index is 504. The van der Waals surface area contributed by atoms with Gasteiger partial charge in [-0.05, 0) is 6.92 Å². The minimum Gasteiger partial charge on any atom is -0.378 e. The second-order valence-corrected chi connectivity index (χ2v) is 3.84. The lowest BCUT2D eigenvalue weighted by molar-refractivity contribution is 0.122. The van der Waals surface area contributed by atoms with Crippen molar-refractivity contribution < 1.29 is 4.74 Å². The minimum atomic E-state index is 0.731. The SMILES string of the molecule is CC.Cc1[nH]nc2ncnc(N3CCOCC3)c12. The summed E-state index contributed by atoms with van der Waals surface area (Å²) in [5.41, 5.74) is 1.74. The summed E-state index contributed by atoms with van der Waals surface area (Å²) in [6.07, 6.45) is 1.56. The van der Waals surface area contributed by atoms with E-state index in [1.54, 1.807) is 6.33 Å². The van der Waals surface area contributed by atoms with E-state index in [4.69, 9.17) is 4.74 Å². The Balaban J connectivity index is 0.000000574. The first-order valence-electron chi connectivity index (χ1n) is 6.34. The summed E-state index contributed by atoms with van der Waals surface area (Å²) in [5.74, 6) is 0.958. The van der Waals surface area contributed by atoms with E-state index >= 15 is 0 Å². The number of anilines is 1. The van der Waals surface area contributed by atoms with Crippen LogP contribution in [0.1, 0.15) is 19.5 Å². The maximum Gasteiger partial charge on any atom is 0.186 e. The summed E-state index contributed by atoms with van der Waals surface area (Å²) >= 11 is 0. The van der Waals surface area contributed by atoms with Crippen LogP contribution in [0.5, 0.6) is 0 Å². The van der Waals surface area contributed by atoms with Crippen molar-refractivity contribution in [3.8, 4) is 0 Å². The molecule has 0 radical (unpaired) electrons. The standard InChI is InChI=1S/C10H13N5O.C2H6/c1-7-8-9(14-13-7)11-6-12-10(8)15-2-4-16-5-3-15;1-2/h6H,2-5H2,1H3,(H,11,12,13,14);1-2H3. The monoisotopic (exact) mass is 249 g/mol. The number of nitrogens with one attached hydrogen (secondary N) is 1. The van der Waals surface area contributed by atoms with Gasteiger partial charge in [0.1, 0.15) is 12.1 Å². The second kappa shape index (κ2) is 5.77. The summed E-state index contributed by atoms with van der Waals surface area (Å²) in [4.78, 5) is 10.7. The molecule has 1 aliphatic heterocycles. The van der Waals surface area contributed by atoms with Crippen molar-refractivity contribution in [2.24, 2.45) is 0 Å². The molecule has 6 heteroatoms. The predicted molar refractivity (Wildman–Crippen MR) is 70.8 cm³/mol. The Morgan fingerprint density at radius 1 is 1.22 bits per heavy atom. The molecular formula is C12H19N5O. The van der Waals surface area contributed by atoms with Crippen LogP contribution in [0.3, 0.4) is 0 Å². The Labute approximate surface area is 106 Å². The van der Waals surface area contributed by atoms with Crippen LogP contribution in [-0.2, 0) is 4.74 Å². The van der Waals surface area contributed by atoms with Gasteiger partial charge >= 0.3 is 0 Å². The molecule has 18 heavy (non-hydrogen) atoms. The molecule has 0 aliphatic carbocycles. The van der Waals surface area contributed by atoms with Crippen LogP contribution in [-0.4, -0.2) is 46.5 Å². The third kappa shape index (κ3) is 2.28. The van der Waals surface area contributed by atoms with Crippen molar-refractivity contribution in [1.82, 2.24) is 20.2 Å². The highest BCUT2D eigenvalue weighted by atomic mass is 16.5. The summed E-state index contributed by atoms with van der Waals surface area (Å²) in [7, 11) is 0. The Hall–Kier alpha value is -1.69. The molecule has 0 amide bonds. The molecule has 2 aromatic rings. The van der Waals surface area contributed by atoms with Gasteiger partial charge in [0.2, 0.25) is 0 Å². The van der Waals surface area contributed by atoms with Crippen LogP contribution in [0.15, 0.2) is 6.33 Å². The fourth-order valence-electron chi connectivity index (χ4n) is 2.00. The lowest BCUT2D eigenvalue weighted by atomic mass is 10.2. The van der Waals surface area contributed by atoms with Crippen LogP contribution in [0.4, 0.5) is 5.82 Å². The van der Waals surface area contributed by atoms with Crippen LogP contribution < -0.4 is 4.90 Å². The fourth-order valence-corrected chi connectivity index (χ4v) is 2.00. The molecule has 3 heterocycles. The molecule has 0 spiro atoms. The molecule has 1 fully saturated rings. The highest BCUT2D eigenvalue weighted by Gasteiger charge is 2.17. The molecule has 0 unspecified atom stereocenters. The van der Waals surface area contributed by atoms with E-state index in [1.807, 2.05) is 20.8 Å². The number of hydrogen-bond donors (Lipinski definition) is 1. The van der Waals surface area contributed by atoms with Gasteiger partial charge in [-0.15, -0.1) is 0 Å². The normalized spacial score (nSPS) is 15.4. The number of aromatic nitrogens is 4. The van der Waals surface area contributed by atoms with Crippen molar-refractivity contribution in [3.63, 3.8) is 0 Å². The van der Waals surface area contributed by atoms with E-state index in [9.17, 15) is 0 Å². The average Bonchev–Trinajstić information content (AvgIpc) is 2.84. The number of nitrogens with zero attached hydrogens (tertiary/aromatic N) is 4. The number of rotatable bonds is 1. The maximum atomic E-state index is 5.34. The molecule has 6 nitrogen and oxygen atoms in total. The van der Waals surface area contributed by atoms with Crippen molar-refractivity contribution in [2.75, 3.05) is 31.2 Å². The molecule has 0 saturated carbocycles. The van der Waals surface area contributed by atoms with Crippen LogP contribution in [0.2, 0.25) is 0 Å². The van der Waals surface area contributed by atoms with E-state index in [2.05, 4.69) is 25.1 Å². The highest BCUT2D eigenvalue weighted by molar-refractivity contribution is 5.89. The first-order chi connectivity index (χ1) is 8.86. The predicted octanol–water partition coefficient (Wildman–Crippen LogP) is 1.52. The highest BCUT2D eigenvalue weighted by Crippen LogP contribution is 2.24. The van der Waals surface area contributed by atoms with E-state index in [1.165, 1.54) is 0 Å². The number of fused-ring (bicyclic) bond motifs is 1. The third-order valence-corrected chi connectivity index (χ3v) is 2.82. The van der Waals surface area contributed by atoms with Crippen molar-refractivity contribution in [1.29, 1.82) is 0 Å². The van der Waals surface area contributed by atoms with Gasteiger partial charge < -0.3 is 9.64 Å². The van der Waals surface area contributed by atoms with Gasteiger partial charge in [-0.2, -0.15) is 5.10 Å². The van der Waals surface area contributed by atoms with Gasteiger partial charge in [-0.3, -0.25) is 5.10 Å². The van der Waals surface area contributed by atoms with Gasteiger partial charge in [-0.25, -0.2) is 9.97 Å². The molecule has 3 rings (SSSR count). The molecule has 1 aliphatic rings. The maximum absolute atomic E-state index is 5.34. The Morgan fingerprint density at radius 2 is 1.94 bits per heavy atom. The third-order valence-electron chi connectivity index (χ3n) is 2.82. The number of morpholine rings is 1. The molecule has 1 saturated heterocycles. The first-order valence-corrected chi connectivity index (χ1v) is 6.34. The molecule has 1 N–H and O–H groups in total. The number of aryl methyl sites for hydroxylation is 1. The van der Waals surface area contributed by atoms with E-state index < -0.39 is 0 Å². The zero-order valence-corrected chi connectivity index (χ0v) is 11.1. The summed E-state index contributed by atoms with van der Waals surface area (Å²) in [5, 5.41) is 8.10. The van der Waals surface area contributed by atoms with Gasteiger partial charge in [0, 0.05) is 18.8 Å². The van der Waals surface area contributed by atoms with Crippen LogP contribution in [0, 0.1) is 6.92 Å². The Morgan fingerprint density at radius 3 is 2.67 bits per heavy atom. The first kappa shape index (κ1) is 12.8. The van der Waals surface area contributed by atoms with Crippen molar-refractivity contribution in [2.45, 2.75) is 20.8 Å². The van der Waals surface area contributed by atoms with Crippen molar-refractivity contribution in [3.05, 3.63) is 12.0 Å². The Kier molecular flexibility index (Phi) is 4.09. The van der Waals surface area contributed by atoms with Crippen LogP contribution in [0.25, 0.3) is 11.0 Å². The largest absolute Gasteiger partial charge is 0.378 e. The lowest BCUT2D eigenvalue weighted by Gasteiger charge is -2.28. The molecule has 2 aromatic heterocycles. The molecule has 98 valence electrons. The van der Waals surface area contributed by atoms with Gasteiger partial charge in [-0.1, -0.05) is 13.8 Å².